The van der Waals surface area contributed by atoms with E-state index in [1.54, 1.807) is 6.92 Å². The summed E-state index contributed by atoms with van der Waals surface area (Å²) in [5.41, 5.74) is 0.330. The predicted molar refractivity (Wildman–Crippen MR) is 60.8 cm³/mol. The Morgan fingerprint density at radius 3 is 2.50 bits per heavy atom. The Morgan fingerprint density at radius 2 is 2.06 bits per heavy atom. The second-order valence-electron chi connectivity index (χ2n) is 3.43. The van der Waals surface area contributed by atoms with E-state index < -0.39 is 18.0 Å². The zero-order valence-corrected chi connectivity index (χ0v) is 9.82. The smallest absolute Gasteiger partial charge is 0.333 e. The lowest BCUT2D eigenvalue weighted by Gasteiger charge is -2.16. The molecule has 0 spiro atoms. The first-order valence-electron chi connectivity index (χ1n) is 5.16. The van der Waals surface area contributed by atoms with Crippen molar-refractivity contribution >= 4 is 11.9 Å². The van der Waals surface area contributed by atoms with Crippen LogP contribution in [0.3, 0.4) is 0 Å². The maximum absolute atomic E-state index is 11.3. The number of rotatable bonds is 7. The minimum Gasteiger partial charge on any atom is -0.459 e. The summed E-state index contributed by atoms with van der Waals surface area (Å²) in [7, 11) is 0. The van der Waals surface area contributed by atoms with Crippen molar-refractivity contribution in [3.8, 4) is 0 Å². The van der Waals surface area contributed by atoms with E-state index in [0.29, 0.717) is 12.0 Å². The second-order valence-corrected chi connectivity index (χ2v) is 3.43. The third kappa shape index (κ3) is 6.01. The number of hydrogen-bond acceptors (Lipinski definition) is 4. The summed E-state index contributed by atoms with van der Waals surface area (Å²) in [5.74, 6) is -0.986. The van der Waals surface area contributed by atoms with Crippen LogP contribution in [-0.4, -0.2) is 24.6 Å². The van der Waals surface area contributed by atoms with Gasteiger partial charge in [-0.05, 0) is 13.3 Å². The molecule has 0 aliphatic rings. The van der Waals surface area contributed by atoms with Crippen LogP contribution in [0, 0.1) is 0 Å². The molecule has 0 aromatic carbocycles. The van der Waals surface area contributed by atoms with E-state index in [0.717, 1.165) is 12.5 Å². The van der Waals surface area contributed by atoms with Crippen molar-refractivity contribution < 1.29 is 19.1 Å². The van der Waals surface area contributed by atoms with Crippen LogP contribution in [0.15, 0.2) is 24.8 Å². The van der Waals surface area contributed by atoms with E-state index in [4.69, 9.17) is 9.47 Å². The molecule has 0 saturated heterocycles. The van der Waals surface area contributed by atoms with Gasteiger partial charge in [-0.25, -0.2) is 9.59 Å². The van der Waals surface area contributed by atoms with Crippen molar-refractivity contribution in [2.45, 2.75) is 32.8 Å². The van der Waals surface area contributed by atoms with E-state index in [-0.39, 0.29) is 6.61 Å². The summed E-state index contributed by atoms with van der Waals surface area (Å²) in [4.78, 5) is 22.1. The Bertz CT molecular complexity index is 281. The van der Waals surface area contributed by atoms with E-state index in [9.17, 15) is 9.59 Å². The zero-order valence-electron chi connectivity index (χ0n) is 9.82. The molecule has 0 aliphatic heterocycles. The highest BCUT2D eigenvalue weighted by atomic mass is 16.6. The van der Waals surface area contributed by atoms with Gasteiger partial charge in [0.15, 0.2) is 0 Å². The Balaban J connectivity index is 4.16. The van der Waals surface area contributed by atoms with Crippen molar-refractivity contribution in [1.82, 2.24) is 0 Å². The molecular weight excluding hydrogens is 208 g/mol. The first kappa shape index (κ1) is 14.4. The molecule has 0 amide bonds. The molecule has 0 radical (unpaired) electrons. The van der Waals surface area contributed by atoms with Gasteiger partial charge in [-0.15, -0.1) is 0 Å². The number of hydrogen-bond donors (Lipinski definition) is 0. The first-order chi connectivity index (χ1) is 7.51. The average molecular weight is 226 g/mol. The summed E-state index contributed by atoms with van der Waals surface area (Å²) in [6.07, 6.45) is 2.13. The lowest BCUT2D eigenvalue weighted by atomic mass is 10.2. The molecule has 0 saturated carbocycles. The monoisotopic (exact) mass is 226 g/mol. The molecule has 1 unspecified atom stereocenters. The Morgan fingerprint density at radius 1 is 1.44 bits per heavy atom. The SMILES string of the molecule is C=CC(=O)OCC(CCC)OC(=O)C(=C)C. The second kappa shape index (κ2) is 7.68. The summed E-state index contributed by atoms with van der Waals surface area (Å²) >= 11 is 0. The fraction of sp³-hybridized carbons (Fsp3) is 0.500. The number of carbonyl (C=O) groups excluding carboxylic acids is 2. The van der Waals surface area contributed by atoms with Crippen molar-refractivity contribution in [2.75, 3.05) is 6.61 Å². The van der Waals surface area contributed by atoms with Crippen molar-refractivity contribution in [3.63, 3.8) is 0 Å². The lowest BCUT2D eigenvalue weighted by Crippen LogP contribution is -2.25. The zero-order chi connectivity index (χ0) is 12.6. The fourth-order valence-corrected chi connectivity index (χ4v) is 0.984. The molecule has 0 aromatic heterocycles. The molecule has 0 N–H and O–H groups in total. The van der Waals surface area contributed by atoms with Crippen molar-refractivity contribution in [2.24, 2.45) is 0 Å². The minimum absolute atomic E-state index is 0.0533. The van der Waals surface area contributed by atoms with Crippen LogP contribution in [0.2, 0.25) is 0 Å². The van der Waals surface area contributed by atoms with Crippen LogP contribution < -0.4 is 0 Å². The van der Waals surface area contributed by atoms with Gasteiger partial charge in [0.25, 0.3) is 0 Å². The van der Waals surface area contributed by atoms with Gasteiger partial charge in [-0.3, -0.25) is 0 Å². The van der Waals surface area contributed by atoms with Crippen LogP contribution in [0.4, 0.5) is 0 Å². The molecule has 1 atom stereocenters. The van der Waals surface area contributed by atoms with Crippen LogP contribution in [0.5, 0.6) is 0 Å². The highest BCUT2D eigenvalue weighted by Crippen LogP contribution is 2.06. The van der Waals surface area contributed by atoms with Gasteiger partial charge >= 0.3 is 11.9 Å². The number of ether oxygens (including phenoxy) is 2. The molecule has 4 heteroatoms. The molecular formula is C12H18O4. The normalized spacial score (nSPS) is 11.4. The van der Waals surface area contributed by atoms with Crippen LogP contribution in [0.1, 0.15) is 26.7 Å². The number of esters is 2. The molecule has 0 aliphatic carbocycles. The van der Waals surface area contributed by atoms with E-state index in [1.165, 1.54) is 0 Å². The molecule has 0 fully saturated rings. The standard InChI is InChI=1S/C12H18O4/c1-5-7-10(8-15-11(13)6-2)16-12(14)9(3)4/h6,10H,2-3,5,7-8H2,1,4H3. The molecule has 90 valence electrons. The van der Waals surface area contributed by atoms with Crippen LogP contribution in [0.25, 0.3) is 0 Å². The maximum Gasteiger partial charge on any atom is 0.333 e. The van der Waals surface area contributed by atoms with Gasteiger partial charge in [-0.2, -0.15) is 0 Å². The average Bonchev–Trinajstić information content (AvgIpc) is 2.25. The van der Waals surface area contributed by atoms with Crippen LogP contribution in [-0.2, 0) is 19.1 Å². The van der Waals surface area contributed by atoms with Gasteiger partial charge in [0, 0.05) is 11.6 Å². The first-order valence-corrected chi connectivity index (χ1v) is 5.16. The van der Waals surface area contributed by atoms with Crippen molar-refractivity contribution in [1.29, 1.82) is 0 Å². The predicted octanol–water partition coefficient (Wildman–Crippen LogP) is 2.00. The van der Waals surface area contributed by atoms with E-state index >= 15 is 0 Å². The quantitative estimate of drug-likeness (QED) is 0.492. The van der Waals surface area contributed by atoms with Crippen LogP contribution >= 0.6 is 0 Å². The Labute approximate surface area is 95.9 Å². The molecule has 16 heavy (non-hydrogen) atoms. The summed E-state index contributed by atoms with van der Waals surface area (Å²) in [6, 6.07) is 0. The summed E-state index contributed by atoms with van der Waals surface area (Å²) in [6.45, 7) is 10.3. The van der Waals surface area contributed by atoms with E-state index in [2.05, 4.69) is 13.2 Å². The Hall–Kier alpha value is -1.58. The topological polar surface area (TPSA) is 52.6 Å². The van der Waals surface area contributed by atoms with Crippen molar-refractivity contribution in [3.05, 3.63) is 24.8 Å². The highest BCUT2D eigenvalue weighted by molar-refractivity contribution is 5.87. The molecule has 4 nitrogen and oxygen atoms in total. The van der Waals surface area contributed by atoms with E-state index in [1.807, 2.05) is 6.92 Å². The molecule has 0 rings (SSSR count). The minimum atomic E-state index is -0.521. The third-order valence-corrected chi connectivity index (χ3v) is 1.81. The van der Waals surface area contributed by atoms with Gasteiger partial charge in [0.05, 0.1) is 0 Å². The highest BCUT2D eigenvalue weighted by Gasteiger charge is 2.15. The van der Waals surface area contributed by atoms with Gasteiger partial charge in [-0.1, -0.05) is 26.5 Å². The maximum atomic E-state index is 11.3. The van der Waals surface area contributed by atoms with Gasteiger partial charge in [0.1, 0.15) is 12.7 Å². The largest absolute Gasteiger partial charge is 0.459 e. The summed E-state index contributed by atoms with van der Waals surface area (Å²) < 4.78 is 9.92. The van der Waals surface area contributed by atoms with Gasteiger partial charge in [0.2, 0.25) is 0 Å². The third-order valence-electron chi connectivity index (χ3n) is 1.81. The molecule has 0 bridgehead atoms. The fourth-order valence-electron chi connectivity index (χ4n) is 0.984. The van der Waals surface area contributed by atoms with Gasteiger partial charge < -0.3 is 9.47 Å². The molecule has 0 aromatic rings. The lowest BCUT2D eigenvalue weighted by molar-refractivity contribution is -0.153. The number of carbonyl (C=O) groups is 2. The Kier molecular flexibility index (Phi) is 6.92. The molecule has 0 heterocycles. The summed E-state index contributed by atoms with van der Waals surface area (Å²) in [5, 5.41) is 0.